The van der Waals surface area contributed by atoms with Gasteiger partial charge in [0.15, 0.2) is 17.3 Å². The summed E-state index contributed by atoms with van der Waals surface area (Å²) in [6.45, 7) is 0. The third-order valence-electron chi connectivity index (χ3n) is 3.82. The van der Waals surface area contributed by atoms with Crippen LogP contribution in [0, 0.1) is 10.6 Å². The van der Waals surface area contributed by atoms with Crippen LogP contribution >= 0.6 is 12.2 Å². The van der Waals surface area contributed by atoms with Gasteiger partial charge in [0.2, 0.25) is 10.5 Å². The Balaban J connectivity index is 1.91. The molecule has 0 unspecified atom stereocenters. The first-order valence-corrected chi connectivity index (χ1v) is 8.32. The molecule has 0 bridgehead atoms. The molecule has 140 valence electrons. The van der Waals surface area contributed by atoms with Crippen molar-refractivity contribution in [2.45, 2.75) is 6.42 Å². The number of rotatable bonds is 6. The lowest BCUT2D eigenvalue weighted by molar-refractivity contribution is 0.340. The SMILES string of the molecule is COc1cc(/C=N/n2c(Cc3ccc(F)cc3)n[nH]c2=S)cc(OC)c1O. The van der Waals surface area contributed by atoms with Gasteiger partial charge >= 0.3 is 0 Å². The summed E-state index contributed by atoms with van der Waals surface area (Å²) in [5, 5.41) is 21.2. The van der Waals surface area contributed by atoms with Gasteiger partial charge in [-0.05, 0) is 42.0 Å². The molecule has 9 heteroatoms. The highest BCUT2D eigenvalue weighted by atomic mass is 32.1. The molecule has 2 N–H and O–H groups in total. The highest BCUT2D eigenvalue weighted by Crippen LogP contribution is 2.36. The minimum Gasteiger partial charge on any atom is -0.502 e. The van der Waals surface area contributed by atoms with Crippen LogP contribution in [0.3, 0.4) is 0 Å². The Morgan fingerprint density at radius 3 is 2.44 bits per heavy atom. The second-order valence-corrected chi connectivity index (χ2v) is 5.97. The van der Waals surface area contributed by atoms with Crippen LogP contribution in [0.25, 0.3) is 0 Å². The fourth-order valence-electron chi connectivity index (χ4n) is 2.46. The predicted molar refractivity (Wildman–Crippen MR) is 101 cm³/mol. The molecule has 7 nitrogen and oxygen atoms in total. The summed E-state index contributed by atoms with van der Waals surface area (Å²) < 4.78 is 25.1. The largest absolute Gasteiger partial charge is 0.502 e. The molecule has 0 saturated heterocycles. The standard InChI is InChI=1S/C18H17FN4O3S/c1-25-14-7-12(8-15(26-2)17(14)24)10-20-23-16(21-22-18(23)27)9-11-3-5-13(19)6-4-11/h3-8,10,24H,9H2,1-2H3,(H,22,27)/b20-10+. The molecule has 3 aromatic rings. The molecular weight excluding hydrogens is 371 g/mol. The molecule has 0 atom stereocenters. The van der Waals surface area contributed by atoms with E-state index < -0.39 is 0 Å². The van der Waals surface area contributed by atoms with Gasteiger partial charge in [0, 0.05) is 12.0 Å². The summed E-state index contributed by atoms with van der Waals surface area (Å²) in [7, 11) is 2.89. The minimum absolute atomic E-state index is 0.0888. The van der Waals surface area contributed by atoms with E-state index in [1.807, 2.05) is 0 Å². The van der Waals surface area contributed by atoms with E-state index in [2.05, 4.69) is 15.3 Å². The molecule has 1 aromatic heterocycles. The average molecular weight is 388 g/mol. The van der Waals surface area contributed by atoms with Crippen LogP contribution in [-0.4, -0.2) is 40.4 Å². The lowest BCUT2D eigenvalue weighted by Gasteiger charge is -2.09. The van der Waals surface area contributed by atoms with E-state index in [9.17, 15) is 9.50 Å². The molecule has 27 heavy (non-hydrogen) atoms. The maximum atomic E-state index is 13.1. The molecule has 0 aliphatic heterocycles. The van der Waals surface area contributed by atoms with Gasteiger partial charge in [-0.25, -0.2) is 4.39 Å². The Kier molecular flexibility index (Phi) is 5.51. The fourth-order valence-corrected chi connectivity index (χ4v) is 2.65. The number of aromatic amines is 1. The summed E-state index contributed by atoms with van der Waals surface area (Å²) in [4.78, 5) is 0. The molecule has 0 saturated carbocycles. The molecule has 3 rings (SSSR count). The number of ether oxygens (including phenoxy) is 2. The van der Waals surface area contributed by atoms with Crippen molar-refractivity contribution in [1.82, 2.24) is 14.9 Å². The van der Waals surface area contributed by atoms with E-state index in [0.717, 1.165) is 5.56 Å². The highest BCUT2D eigenvalue weighted by Gasteiger charge is 2.11. The van der Waals surface area contributed by atoms with Crippen LogP contribution in [0.1, 0.15) is 17.0 Å². The number of aromatic nitrogens is 3. The molecular formula is C18H17FN4O3S. The minimum atomic E-state index is -0.300. The molecule has 0 aliphatic rings. The Morgan fingerprint density at radius 1 is 1.22 bits per heavy atom. The number of methoxy groups -OCH3 is 2. The monoisotopic (exact) mass is 388 g/mol. The van der Waals surface area contributed by atoms with Crippen molar-refractivity contribution in [2.75, 3.05) is 14.2 Å². The zero-order chi connectivity index (χ0) is 19.4. The van der Waals surface area contributed by atoms with Crippen molar-refractivity contribution in [3.8, 4) is 17.2 Å². The second-order valence-electron chi connectivity index (χ2n) is 5.58. The van der Waals surface area contributed by atoms with Gasteiger partial charge in [-0.1, -0.05) is 12.1 Å². The van der Waals surface area contributed by atoms with Crippen molar-refractivity contribution < 1.29 is 19.0 Å². The van der Waals surface area contributed by atoms with E-state index in [1.165, 1.54) is 31.0 Å². The Labute approximate surface area is 159 Å². The van der Waals surface area contributed by atoms with Crippen molar-refractivity contribution >= 4 is 18.4 Å². The summed E-state index contributed by atoms with van der Waals surface area (Å²) in [5.41, 5.74) is 1.51. The number of nitrogens with one attached hydrogen (secondary N) is 1. The van der Waals surface area contributed by atoms with Crippen LogP contribution in [0.5, 0.6) is 17.2 Å². The summed E-state index contributed by atoms with van der Waals surface area (Å²) in [6.07, 6.45) is 1.97. The topological polar surface area (TPSA) is 84.7 Å². The highest BCUT2D eigenvalue weighted by molar-refractivity contribution is 7.71. The smallest absolute Gasteiger partial charge is 0.216 e. The Hall–Kier alpha value is -3.20. The van der Waals surface area contributed by atoms with E-state index >= 15 is 0 Å². The van der Waals surface area contributed by atoms with Gasteiger partial charge in [-0.2, -0.15) is 14.9 Å². The lowest BCUT2D eigenvalue weighted by atomic mass is 10.1. The third-order valence-corrected chi connectivity index (χ3v) is 4.08. The summed E-state index contributed by atoms with van der Waals surface area (Å²) >= 11 is 5.23. The zero-order valence-electron chi connectivity index (χ0n) is 14.6. The van der Waals surface area contributed by atoms with Gasteiger partial charge in [0.05, 0.1) is 20.4 Å². The third kappa shape index (κ3) is 4.14. The first kappa shape index (κ1) is 18.6. The molecule has 0 radical (unpaired) electrons. The van der Waals surface area contributed by atoms with Crippen LogP contribution in [0.15, 0.2) is 41.5 Å². The van der Waals surface area contributed by atoms with Crippen molar-refractivity contribution in [3.63, 3.8) is 0 Å². The molecule has 0 fully saturated rings. The number of phenolic OH excluding ortho intramolecular Hbond substituents is 1. The van der Waals surface area contributed by atoms with Crippen molar-refractivity contribution in [1.29, 1.82) is 0 Å². The predicted octanol–water partition coefficient (Wildman–Crippen LogP) is 3.28. The summed E-state index contributed by atoms with van der Waals surface area (Å²) in [5.74, 6) is 0.705. The van der Waals surface area contributed by atoms with Gasteiger partial charge < -0.3 is 14.6 Å². The van der Waals surface area contributed by atoms with Crippen molar-refractivity contribution in [3.05, 3.63) is 63.9 Å². The maximum absolute atomic E-state index is 13.1. The van der Waals surface area contributed by atoms with Gasteiger partial charge in [0.1, 0.15) is 5.82 Å². The molecule has 0 aliphatic carbocycles. The number of hydrogen-bond acceptors (Lipinski definition) is 6. The average Bonchev–Trinajstić information content (AvgIpc) is 3.02. The first-order valence-electron chi connectivity index (χ1n) is 7.92. The fraction of sp³-hybridized carbons (Fsp3) is 0.167. The maximum Gasteiger partial charge on any atom is 0.216 e. The number of hydrogen-bond donors (Lipinski definition) is 2. The number of H-pyrrole nitrogens is 1. The van der Waals surface area contributed by atoms with E-state index in [-0.39, 0.29) is 23.1 Å². The van der Waals surface area contributed by atoms with Gasteiger partial charge in [-0.15, -0.1) is 0 Å². The number of aromatic hydroxyl groups is 1. The molecule has 2 aromatic carbocycles. The lowest BCUT2D eigenvalue weighted by Crippen LogP contribution is -2.01. The second kappa shape index (κ2) is 8.00. The number of halogens is 1. The normalized spacial score (nSPS) is 11.1. The quantitative estimate of drug-likeness (QED) is 0.500. The van der Waals surface area contributed by atoms with Crippen LogP contribution in [0.4, 0.5) is 4.39 Å². The summed E-state index contributed by atoms with van der Waals surface area (Å²) in [6, 6.07) is 9.36. The van der Waals surface area contributed by atoms with E-state index in [0.29, 0.717) is 22.6 Å². The molecule has 0 amide bonds. The van der Waals surface area contributed by atoms with Crippen LogP contribution in [-0.2, 0) is 6.42 Å². The van der Waals surface area contributed by atoms with Crippen LogP contribution in [0.2, 0.25) is 0 Å². The van der Waals surface area contributed by atoms with Crippen molar-refractivity contribution in [2.24, 2.45) is 5.10 Å². The number of phenols is 1. The zero-order valence-corrected chi connectivity index (χ0v) is 15.5. The molecule has 1 heterocycles. The number of benzene rings is 2. The first-order chi connectivity index (χ1) is 13.0. The van der Waals surface area contributed by atoms with Gasteiger partial charge in [0.25, 0.3) is 0 Å². The number of nitrogens with zero attached hydrogens (tertiary/aromatic N) is 3. The van der Waals surface area contributed by atoms with E-state index in [1.54, 1.807) is 30.5 Å². The molecule has 0 spiro atoms. The van der Waals surface area contributed by atoms with Crippen LogP contribution < -0.4 is 9.47 Å². The van der Waals surface area contributed by atoms with Gasteiger partial charge in [-0.3, -0.25) is 5.10 Å². The Bertz CT molecular complexity index is 1000. The Morgan fingerprint density at radius 2 is 1.85 bits per heavy atom. The van der Waals surface area contributed by atoms with E-state index in [4.69, 9.17) is 21.7 Å².